The summed E-state index contributed by atoms with van der Waals surface area (Å²) in [6.45, 7) is 2.61. The number of nitrogens with zero attached hydrogens (tertiary/aromatic N) is 2. The van der Waals surface area contributed by atoms with Crippen molar-refractivity contribution in [1.29, 1.82) is 0 Å². The number of anilines is 1. The first-order valence-corrected chi connectivity index (χ1v) is 9.05. The molecule has 3 rings (SSSR count). The van der Waals surface area contributed by atoms with Gasteiger partial charge >= 0.3 is 5.97 Å². The normalized spacial score (nSPS) is 10.5. The van der Waals surface area contributed by atoms with Crippen molar-refractivity contribution in [3.63, 3.8) is 0 Å². The molecule has 0 bridgehead atoms. The molecule has 7 nitrogen and oxygen atoms in total. The molecule has 0 aliphatic rings. The number of rotatable bonds is 8. The van der Waals surface area contributed by atoms with Gasteiger partial charge in [0.15, 0.2) is 0 Å². The molecule has 1 aromatic heterocycles. The molecule has 0 unspecified atom stereocenters. The van der Waals surface area contributed by atoms with Gasteiger partial charge in [-0.15, -0.1) is 0 Å². The predicted molar refractivity (Wildman–Crippen MR) is 107 cm³/mol. The molecule has 1 N–H and O–H groups in total. The smallest absolute Gasteiger partial charge is 0.376 e. The summed E-state index contributed by atoms with van der Waals surface area (Å²) in [7, 11) is 3.27. The Hall–Kier alpha value is -3.35. The molecular weight excluding hydrogens is 358 g/mol. The van der Waals surface area contributed by atoms with Gasteiger partial charge in [-0.1, -0.05) is 12.1 Å². The van der Waals surface area contributed by atoms with Crippen LogP contribution in [-0.4, -0.2) is 43.3 Å². The summed E-state index contributed by atoms with van der Waals surface area (Å²) in [5.41, 5.74) is 1.69. The van der Waals surface area contributed by atoms with E-state index in [2.05, 4.69) is 15.3 Å². The highest BCUT2D eigenvalue weighted by Gasteiger charge is 2.15. The zero-order valence-corrected chi connectivity index (χ0v) is 16.2. The van der Waals surface area contributed by atoms with Crippen molar-refractivity contribution < 1.29 is 19.0 Å². The van der Waals surface area contributed by atoms with Crippen LogP contribution in [0.4, 0.5) is 5.82 Å². The molecule has 146 valence electrons. The van der Waals surface area contributed by atoms with Crippen LogP contribution in [0.3, 0.4) is 0 Å². The van der Waals surface area contributed by atoms with Gasteiger partial charge in [-0.05, 0) is 49.2 Å². The number of methoxy groups -OCH3 is 2. The van der Waals surface area contributed by atoms with E-state index in [9.17, 15) is 4.79 Å². The van der Waals surface area contributed by atoms with Gasteiger partial charge in [-0.3, -0.25) is 0 Å². The first-order chi connectivity index (χ1) is 13.7. The molecule has 3 aromatic rings. The van der Waals surface area contributed by atoms with Crippen molar-refractivity contribution in [3.05, 3.63) is 53.9 Å². The molecule has 0 spiro atoms. The maximum atomic E-state index is 12.1. The number of hydrogen-bond donors (Lipinski definition) is 1. The Morgan fingerprint density at radius 3 is 2.64 bits per heavy atom. The first kappa shape index (κ1) is 19.4. The third kappa shape index (κ3) is 4.31. The van der Waals surface area contributed by atoms with E-state index in [1.54, 1.807) is 21.1 Å². The lowest BCUT2D eigenvalue weighted by molar-refractivity contribution is 0.0512. The molecule has 2 aromatic carbocycles. The molecule has 0 aliphatic heterocycles. The standard InChI is InChI=1S/C21H23N3O4/c1-4-28-21(25)20-23-17-8-6-5-7-16(17)19(24-20)22-12-11-14-13-15(26-2)9-10-18(14)27-3/h5-10,13H,4,11-12H2,1-3H3,(H,22,23,24). The van der Waals surface area contributed by atoms with E-state index in [-0.39, 0.29) is 12.4 Å². The fourth-order valence-corrected chi connectivity index (χ4v) is 2.89. The summed E-state index contributed by atoms with van der Waals surface area (Å²) < 4.78 is 15.8. The monoisotopic (exact) mass is 381 g/mol. The van der Waals surface area contributed by atoms with Crippen LogP contribution in [0.1, 0.15) is 23.1 Å². The first-order valence-electron chi connectivity index (χ1n) is 9.05. The van der Waals surface area contributed by atoms with Crippen molar-refractivity contribution in [2.24, 2.45) is 0 Å². The SMILES string of the molecule is CCOC(=O)c1nc(NCCc2cc(OC)ccc2OC)c2ccccc2n1. The van der Waals surface area contributed by atoms with E-state index < -0.39 is 5.97 Å². The molecule has 1 heterocycles. The number of ether oxygens (including phenoxy) is 3. The molecule has 7 heteroatoms. The van der Waals surface area contributed by atoms with Crippen LogP contribution in [0.5, 0.6) is 11.5 Å². The van der Waals surface area contributed by atoms with Gasteiger partial charge in [0.2, 0.25) is 5.82 Å². The molecule has 0 radical (unpaired) electrons. The van der Waals surface area contributed by atoms with Crippen LogP contribution < -0.4 is 14.8 Å². The van der Waals surface area contributed by atoms with Gasteiger partial charge in [-0.25, -0.2) is 14.8 Å². The lowest BCUT2D eigenvalue weighted by Crippen LogP contribution is -2.14. The van der Waals surface area contributed by atoms with Crippen molar-refractivity contribution in [3.8, 4) is 11.5 Å². The molecule has 28 heavy (non-hydrogen) atoms. The summed E-state index contributed by atoms with van der Waals surface area (Å²) in [5, 5.41) is 4.15. The average Bonchev–Trinajstić information content (AvgIpc) is 2.73. The average molecular weight is 381 g/mol. The molecule has 0 saturated heterocycles. The van der Waals surface area contributed by atoms with Gasteiger partial charge in [0.1, 0.15) is 17.3 Å². The van der Waals surface area contributed by atoms with Gasteiger partial charge in [0.05, 0.1) is 26.3 Å². The van der Waals surface area contributed by atoms with Crippen LogP contribution in [-0.2, 0) is 11.2 Å². The van der Waals surface area contributed by atoms with Crippen LogP contribution in [0, 0.1) is 0 Å². The second kappa shape index (κ2) is 9.03. The highest BCUT2D eigenvalue weighted by Crippen LogP contribution is 2.25. The minimum atomic E-state index is -0.536. The summed E-state index contributed by atoms with van der Waals surface area (Å²) in [6.07, 6.45) is 0.688. The number of nitrogens with one attached hydrogen (secondary N) is 1. The Kier molecular flexibility index (Phi) is 6.26. The highest BCUT2D eigenvalue weighted by atomic mass is 16.5. The second-order valence-corrected chi connectivity index (χ2v) is 5.99. The Balaban J connectivity index is 1.83. The van der Waals surface area contributed by atoms with Crippen LogP contribution in [0.2, 0.25) is 0 Å². The van der Waals surface area contributed by atoms with E-state index in [0.717, 1.165) is 22.4 Å². The molecule has 0 aliphatic carbocycles. The van der Waals surface area contributed by atoms with Crippen LogP contribution in [0.25, 0.3) is 10.9 Å². The quantitative estimate of drug-likeness (QED) is 0.598. The van der Waals surface area contributed by atoms with Crippen molar-refractivity contribution in [2.45, 2.75) is 13.3 Å². The van der Waals surface area contributed by atoms with E-state index in [0.29, 0.717) is 24.3 Å². The number of aromatic nitrogens is 2. The van der Waals surface area contributed by atoms with Crippen LogP contribution >= 0.6 is 0 Å². The van der Waals surface area contributed by atoms with Gasteiger partial charge in [-0.2, -0.15) is 0 Å². The van der Waals surface area contributed by atoms with E-state index in [4.69, 9.17) is 14.2 Å². The summed E-state index contributed by atoms with van der Waals surface area (Å²) in [6, 6.07) is 13.2. The number of fused-ring (bicyclic) bond motifs is 1. The van der Waals surface area contributed by atoms with Crippen molar-refractivity contribution in [2.75, 3.05) is 32.7 Å². The maximum Gasteiger partial charge on any atom is 0.376 e. The zero-order chi connectivity index (χ0) is 19.9. The highest BCUT2D eigenvalue weighted by molar-refractivity contribution is 5.94. The summed E-state index contributed by atoms with van der Waals surface area (Å²) in [5.74, 6) is 1.67. The number of esters is 1. The van der Waals surface area contributed by atoms with E-state index >= 15 is 0 Å². The maximum absolute atomic E-state index is 12.1. The summed E-state index contributed by atoms with van der Waals surface area (Å²) >= 11 is 0. The predicted octanol–water partition coefficient (Wildman–Crippen LogP) is 3.48. The third-order valence-corrected chi connectivity index (χ3v) is 4.24. The van der Waals surface area contributed by atoms with Gasteiger partial charge in [0, 0.05) is 11.9 Å². The van der Waals surface area contributed by atoms with E-state index in [1.807, 2.05) is 42.5 Å². The molecular formula is C21H23N3O4. The number of benzene rings is 2. The zero-order valence-electron chi connectivity index (χ0n) is 16.2. The lowest BCUT2D eigenvalue weighted by Gasteiger charge is -2.13. The summed E-state index contributed by atoms with van der Waals surface area (Å²) in [4.78, 5) is 20.8. The molecule has 0 atom stereocenters. The minimum absolute atomic E-state index is 0.0435. The molecule has 0 amide bonds. The van der Waals surface area contributed by atoms with E-state index in [1.165, 1.54) is 0 Å². The lowest BCUT2D eigenvalue weighted by atomic mass is 10.1. The van der Waals surface area contributed by atoms with Gasteiger partial charge < -0.3 is 19.5 Å². The van der Waals surface area contributed by atoms with Gasteiger partial charge in [0.25, 0.3) is 0 Å². The second-order valence-electron chi connectivity index (χ2n) is 5.99. The number of hydrogen-bond acceptors (Lipinski definition) is 7. The Morgan fingerprint density at radius 2 is 1.89 bits per heavy atom. The third-order valence-electron chi connectivity index (χ3n) is 4.24. The fourth-order valence-electron chi connectivity index (χ4n) is 2.89. The molecule has 0 fully saturated rings. The fraction of sp³-hybridized carbons (Fsp3) is 0.286. The molecule has 0 saturated carbocycles. The minimum Gasteiger partial charge on any atom is -0.497 e. The number of carbonyl (C=O) groups excluding carboxylic acids is 1. The van der Waals surface area contributed by atoms with Crippen molar-refractivity contribution in [1.82, 2.24) is 9.97 Å². The number of carbonyl (C=O) groups is 1. The Labute approximate surface area is 163 Å². The van der Waals surface area contributed by atoms with Crippen molar-refractivity contribution >= 4 is 22.7 Å². The Bertz CT molecular complexity index is 975. The number of para-hydroxylation sites is 1. The topological polar surface area (TPSA) is 82.6 Å². The van der Waals surface area contributed by atoms with Crippen LogP contribution in [0.15, 0.2) is 42.5 Å². The largest absolute Gasteiger partial charge is 0.497 e. The Morgan fingerprint density at radius 1 is 1.07 bits per heavy atom.